The number of benzene rings is 2. The maximum atomic E-state index is 12.5. The molecule has 0 radical (unpaired) electrons. The molecule has 0 saturated heterocycles. The van der Waals surface area contributed by atoms with Crippen LogP contribution in [0.3, 0.4) is 0 Å². The van der Waals surface area contributed by atoms with Crippen LogP contribution >= 0.6 is 0 Å². The predicted octanol–water partition coefficient (Wildman–Crippen LogP) is 4.04. The van der Waals surface area contributed by atoms with Crippen LogP contribution in [0, 0.1) is 13.8 Å². The average Bonchev–Trinajstić information content (AvgIpc) is 2.90. The third kappa shape index (κ3) is 3.18. The maximum Gasteiger partial charge on any atom is 0.226 e. The fourth-order valence-corrected chi connectivity index (χ4v) is 3.04. The van der Waals surface area contributed by atoms with E-state index in [9.17, 15) is 4.79 Å². The summed E-state index contributed by atoms with van der Waals surface area (Å²) < 4.78 is 5.42. The van der Waals surface area contributed by atoms with Gasteiger partial charge in [-0.05, 0) is 50.5 Å². The van der Waals surface area contributed by atoms with Crippen LogP contribution < -0.4 is 5.32 Å². The van der Waals surface area contributed by atoms with Gasteiger partial charge < -0.3 is 9.84 Å². The highest BCUT2D eigenvalue weighted by Crippen LogP contribution is 2.25. The fourth-order valence-electron chi connectivity index (χ4n) is 3.04. The van der Waals surface area contributed by atoms with Crippen LogP contribution in [0.1, 0.15) is 36.2 Å². The minimum Gasteiger partial charge on any atom is -0.356 e. The van der Waals surface area contributed by atoms with Crippen LogP contribution in [-0.2, 0) is 16.8 Å². The second-order valence-corrected chi connectivity index (χ2v) is 6.80. The molecule has 1 heterocycles. The van der Waals surface area contributed by atoms with E-state index in [2.05, 4.69) is 16.5 Å². The standard InChI is InChI=1S/C20H22N2O2/c1-13-10-14(2)19-16(11-13)17(22-24-19)12-18(23)21-20(3,4)15-8-6-5-7-9-15/h5-11H,12H2,1-4H3,(H,21,23). The van der Waals surface area contributed by atoms with Gasteiger partial charge in [0, 0.05) is 5.39 Å². The molecular formula is C20H22N2O2. The van der Waals surface area contributed by atoms with Gasteiger partial charge >= 0.3 is 0 Å². The third-order valence-corrected chi connectivity index (χ3v) is 4.25. The van der Waals surface area contributed by atoms with Crippen LogP contribution in [0.4, 0.5) is 0 Å². The predicted molar refractivity (Wildman–Crippen MR) is 94.8 cm³/mol. The van der Waals surface area contributed by atoms with Crippen molar-refractivity contribution in [2.75, 3.05) is 0 Å². The first-order chi connectivity index (χ1) is 11.4. The van der Waals surface area contributed by atoms with Crippen molar-refractivity contribution in [1.29, 1.82) is 0 Å². The zero-order chi connectivity index (χ0) is 17.3. The first kappa shape index (κ1) is 16.2. The van der Waals surface area contributed by atoms with Gasteiger partial charge in [-0.25, -0.2) is 0 Å². The molecule has 2 aromatic carbocycles. The Morgan fingerprint density at radius 1 is 1.17 bits per heavy atom. The van der Waals surface area contributed by atoms with Gasteiger partial charge in [0.2, 0.25) is 5.91 Å². The van der Waals surface area contributed by atoms with E-state index in [1.807, 2.05) is 64.1 Å². The van der Waals surface area contributed by atoms with Gasteiger partial charge in [0.25, 0.3) is 0 Å². The van der Waals surface area contributed by atoms with Crippen molar-refractivity contribution in [3.63, 3.8) is 0 Å². The van der Waals surface area contributed by atoms with Crippen LogP contribution in [0.2, 0.25) is 0 Å². The Bertz CT molecular complexity index is 879. The van der Waals surface area contributed by atoms with Crippen LogP contribution in [-0.4, -0.2) is 11.1 Å². The monoisotopic (exact) mass is 322 g/mol. The van der Waals surface area contributed by atoms with Gasteiger partial charge in [-0.2, -0.15) is 0 Å². The number of nitrogens with one attached hydrogen (secondary N) is 1. The molecule has 4 nitrogen and oxygen atoms in total. The van der Waals surface area contributed by atoms with E-state index in [0.717, 1.165) is 27.7 Å². The summed E-state index contributed by atoms with van der Waals surface area (Å²) in [6, 6.07) is 14.0. The molecule has 24 heavy (non-hydrogen) atoms. The number of aryl methyl sites for hydroxylation is 2. The molecule has 124 valence electrons. The molecule has 0 atom stereocenters. The summed E-state index contributed by atoms with van der Waals surface area (Å²) in [6.07, 6.45) is 0.201. The van der Waals surface area contributed by atoms with E-state index in [-0.39, 0.29) is 12.3 Å². The topological polar surface area (TPSA) is 55.1 Å². The Morgan fingerprint density at radius 3 is 2.58 bits per heavy atom. The lowest BCUT2D eigenvalue weighted by molar-refractivity contribution is -0.122. The van der Waals surface area contributed by atoms with E-state index in [0.29, 0.717) is 5.69 Å². The van der Waals surface area contributed by atoms with Gasteiger partial charge in [-0.1, -0.05) is 41.6 Å². The first-order valence-electron chi connectivity index (χ1n) is 8.09. The molecule has 0 unspecified atom stereocenters. The average molecular weight is 322 g/mol. The summed E-state index contributed by atoms with van der Waals surface area (Å²) in [5.41, 5.74) is 4.23. The van der Waals surface area contributed by atoms with Crippen LogP contribution in [0.25, 0.3) is 11.0 Å². The summed E-state index contributed by atoms with van der Waals surface area (Å²) in [6.45, 7) is 8.01. The lowest BCUT2D eigenvalue weighted by atomic mass is 9.94. The van der Waals surface area contributed by atoms with E-state index >= 15 is 0 Å². The lowest BCUT2D eigenvalue weighted by Gasteiger charge is -2.26. The molecular weight excluding hydrogens is 300 g/mol. The van der Waals surface area contributed by atoms with Gasteiger partial charge in [-0.15, -0.1) is 0 Å². The molecule has 0 aliphatic heterocycles. The normalized spacial score (nSPS) is 11.7. The summed E-state index contributed by atoms with van der Waals surface area (Å²) in [5.74, 6) is -0.0711. The minimum atomic E-state index is -0.441. The molecule has 0 spiro atoms. The number of rotatable bonds is 4. The Kier molecular flexibility index (Phi) is 4.14. The van der Waals surface area contributed by atoms with Crippen molar-refractivity contribution < 1.29 is 9.32 Å². The number of hydrogen-bond donors (Lipinski definition) is 1. The Hall–Kier alpha value is -2.62. The zero-order valence-electron chi connectivity index (χ0n) is 14.5. The highest BCUT2D eigenvalue weighted by molar-refractivity contribution is 5.88. The van der Waals surface area contributed by atoms with Gasteiger partial charge in [-0.3, -0.25) is 4.79 Å². The number of nitrogens with zero attached hydrogens (tertiary/aromatic N) is 1. The number of carbonyl (C=O) groups is 1. The zero-order valence-corrected chi connectivity index (χ0v) is 14.5. The molecule has 3 rings (SSSR count). The first-order valence-corrected chi connectivity index (χ1v) is 8.09. The number of carbonyl (C=O) groups excluding carboxylic acids is 1. The molecule has 0 aliphatic carbocycles. The van der Waals surface area contributed by atoms with Crippen molar-refractivity contribution >= 4 is 16.9 Å². The van der Waals surface area contributed by atoms with Gasteiger partial charge in [0.05, 0.1) is 12.0 Å². The molecule has 0 fully saturated rings. The lowest BCUT2D eigenvalue weighted by Crippen LogP contribution is -2.41. The summed E-state index contributed by atoms with van der Waals surface area (Å²) in [4.78, 5) is 12.5. The van der Waals surface area contributed by atoms with E-state index in [4.69, 9.17) is 4.52 Å². The van der Waals surface area contributed by atoms with Crippen molar-refractivity contribution in [2.24, 2.45) is 0 Å². The SMILES string of the molecule is Cc1cc(C)c2onc(CC(=O)NC(C)(C)c3ccccc3)c2c1. The highest BCUT2D eigenvalue weighted by Gasteiger charge is 2.23. The molecule has 0 saturated carbocycles. The Balaban J connectivity index is 1.81. The van der Waals surface area contributed by atoms with Gasteiger partial charge in [0.1, 0.15) is 5.69 Å². The second kappa shape index (κ2) is 6.11. The molecule has 1 N–H and O–H groups in total. The molecule has 4 heteroatoms. The van der Waals surface area contributed by atoms with Crippen molar-refractivity contribution in [3.8, 4) is 0 Å². The molecule has 1 aromatic heterocycles. The number of fused-ring (bicyclic) bond motifs is 1. The molecule has 0 bridgehead atoms. The number of hydrogen-bond acceptors (Lipinski definition) is 3. The summed E-state index contributed by atoms with van der Waals surface area (Å²) in [7, 11) is 0. The Labute approximate surface area is 141 Å². The Morgan fingerprint density at radius 2 is 1.88 bits per heavy atom. The molecule has 0 aliphatic rings. The second-order valence-electron chi connectivity index (χ2n) is 6.80. The summed E-state index contributed by atoms with van der Waals surface area (Å²) >= 11 is 0. The van der Waals surface area contributed by atoms with E-state index in [1.165, 1.54) is 0 Å². The quantitative estimate of drug-likeness (QED) is 0.789. The number of amides is 1. The largest absolute Gasteiger partial charge is 0.356 e. The van der Waals surface area contributed by atoms with Crippen LogP contribution in [0.5, 0.6) is 0 Å². The van der Waals surface area contributed by atoms with Crippen molar-refractivity contribution in [3.05, 3.63) is 64.8 Å². The fraction of sp³-hybridized carbons (Fsp3) is 0.300. The van der Waals surface area contributed by atoms with Crippen LogP contribution in [0.15, 0.2) is 47.0 Å². The smallest absolute Gasteiger partial charge is 0.226 e. The van der Waals surface area contributed by atoms with Crippen molar-refractivity contribution in [1.82, 2.24) is 10.5 Å². The van der Waals surface area contributed by atoms with E-state index < -0.39 is 5.54 Å². The molecule has 1 amide bonds. The van der Waals surface area contributed by atoms with Gasteiger partial charge in [0.15, 0.2) is 5.58 Å². The van der Waals surface area contributed by atoms with E-state index in [1.54, 1.807) is 0 Å². The maximum absolute atomic E-state index is 12.5. The third-order valence-electron chi connectivity index (χ3n) is 4.25. The number of aromatic nitrogens is 1. The highest BCUT2D eigenvalue weighted by atomic mass is 16.5. The minimum absolute atomic E-state index is 0.0711. The van der Waals surface area contributed by atoms with Crippen molar-refractivity contribution in [2.45, 2.75) is 39.7 Å². The molecule has 3 aromatic rings. The summed E-state index contributed by atoms with van der Waals surface area (Å²) in [5, 5.41) is 8.11.